The summed E-state index contributed by atoms with van der Waals surface area (Å²) in [7, 11) is 0. The molecule has 4 bridgehead atoms. The summed E-state index contributed by atoms with van der Waals surface area (Å²) in [5, 5.41) is 0. The number of amides is 1. The van der Waals surface area contributed by atoms with Gasteiger partial charge in [0, 0.05) is 13.1 Å². The van der Waals surface area contributed by atoms with Crippen molar-refractivity contribution in [2.45, 2.75) is 57.7 Å². The second-order valence-electron chi connectivity index (χ2n) is 12.6. The molecule has 4 saturated carbocycles. The maximum absolute atomic E-state index is 13.8. The van der Waals surface area contributed by atoms with Crippen LogP contribution in [0.1, 0.15) is 65.6 Å². The largest absolute Gasteiger partial charge is 0.423 e. The molecule has 0 aromatic heterocycles. The molecule has 0 spiro atoms. The molecule has 4 fully saturated rings. The van der Waals surface area contributed by atoms with Crippen molar-refractivity contribution >= 4 is 11.9 Å². The molecule has 0 saturated heterocycles. The molecule has 4 nitrogen and oxygen atoms in total. The summed E-state index contributed by atoms with van der Waals surface area (Å²) in [4.78, 5) is 29.1. The quantitative estimate of drug-likeness (QED) is 0.243. The summed E-state index contributed by atoms with van der Waals surface area (Å²) in [6.45, 7) is 1.25. The Morgan fingerprint density at radius 2 is 1.49 bits per heavy atom. The summed E-state index contributed by atoms with van der Waals surface area (Å²) >= 11 is 0. The van der Waals surface area contributed by atoms with E-state index in [-0.39, 0.29) is 11.0 Å². The van der Waals surface area contributed by atoms with Gasteiger partial charge in [-0.05, 0) is 115 Å². The average Bonchev–Trinajstić information content (AvgIpc) is 2.95. The highest BCUT2D eigenvalue weighted by Crippen LogP contribution is 2.60. The molecule has 0 atom stereocenters. The lowest BCUT2D eigenvalue weighted by Crippen LogP contribution is -2.55. The second kappa shape index (κ2) is 9.74. The number of alkyl halides is 3. The fourth-order valence-corrected chi connectivity index (χ4v) is 8.39. The van der Waals surface area contributed by atoms with E-state index in [0.29, 0.717) is 42.3 Å². The Morgan fingerprint density at radius 1 is 0.829 bits per heavy atom. The van der Waals surface area contributed by atoms with Gasteiger partial charge in [0.2, 0.25) is 5.91 Å². The number of carbonyl (C=O) groups excluding carboxylic acids is 2. The Bertz CT molecular complexity index is 1480. The predicted molar refractivity (Wildman–Crippen MR) is 148 cm³/mol. The van der Waals surface area contributed by atoms with E-state index < -0.39 is 17.7 Å². The van der Waals surface area contributed by atoms with E-state index in [1.165, 1.54) is 31.4 Å². The third kappa shape index (κ3) is 4.83. The predicted octanol–water partition coefficient (Wildman–Crippen LogP) is 7.69. The highest BCUT2D eigenvalue weighted by molar-refractivity contribution is 5.98. The molecular formula is C34H32F3NO3. The average molecular weight is 560 g/mol. The summed E-state index contributed by atoms with van der Waals surface area (Å²) in [6, 6.07) is 17.1. The van der Waals surface area contributed by atoms with Crippen LogP contribution in [0.15, 0.2) is 66.7 Å². The van der Waals surface area contributed by atoms with Gasteiger partial charge in [-0.3, -0.25) is 4.79 Å². The highest BCUT2D eigenvalue weighted by atomic mass is 19.4. The van der Waals surface area contributed by atoms with Gasteiger partial charge in [-0.15, -0.1) is 0 Å². The third-order valence-electron chi connectivity index (χ3n) is 9.85. The zero-order chi connectivity index (χ0) is 28.4. The molecule has 0 radical (unpaired) electrons. The minimum absolute atomic E-state index is 0.151. The molecule has 212 valence electrons. The lowest BCUT2D eigenvalue weighted by molar-refractivity contribution is -0.158. The number of hydrogen-bond donors (Lipinski definition) is 0. The third-order valence-corrected chi connectivity index (χ3v) is 9.85. The van der Waals surface area contributed by atoms with Crippen molar-refractivity contribution in [2.75, 3.05) is 6.54 Å². The van der Waals surface area contributed by atoms with Crippen LogP contribution in [0.3, 0.4) is 0 Å². The zero-order valence-corrected chi connectivity index (χ0v) is 22.8. The van der Waals surface area contributed by atoms with Crippen molar-refractivity contribution in [3.63, 3.8) is 0 Å². The minimum Gasteiger partial charge on any atom is -0.423 e. The highest BCUT2D eigenvalue weighted by Gasteiger charge is 2.55. The van der Waals surface area contributed by atoms with E-state index in [2.05, 4.69) is 4.90 Å². The zero-order valence-electron chi connectivity index (χ0n) is 22.8. The number of benzene rings is 3. The first-order chi connectivity index (χ1) is 19.7. The number of fused-ring (bicyclic) bond motifs is 1. The Morgan fingerprint density at radius 3 is 2.15 bits per heavy atom. The molecule has 0 N–H and O–H groups in total. The molecule has 1 aliphatic heterocycles. The van der Waals surface area contributed by atoms with Gasteiger partial charge in [-0.25, -0.2) is 4.79 Å². The van der Waals surface area contributed by atoms with E-state index in [0.717, 1.165) is 60.3 Å². The summed E-state index contributed by atoms with van der Waals surface area (Å²) in [6.07, 6.45) is 3.39. The lowest BCUT2D eigenvalue weighted by atomic mass is 9.49. The molecule has 3 aromatic rings. The van der Waals surface area contributed by atoms with Crippen molar-refractivity contribution in [1.29, 1.82) is 0 Å². The molecule has 3 aromatic carbocycles. The lowest BCUT2D eigenvalue weighted by Gasteiger charge is -2.56. The van der Waals surface area contributed by atoms with Crippen LogP contribution in [0, 0.1) is 23.2 Å². The standard InChI is InChI=1S/C34H32F3NO3/c35-34(36,37)27-8-5-24(6-9-27)29-3-1-2-4-30(29)31(39)41-28-10-7-26-20-38(12-11-25(26)16-28)32(40)33-17-21-13-22(18-33)15-23(14-21)19-33/h1-10,16,21-23H,11-15,17-20H2. The number of halogens is 3. The van der Waals surface area contributed by atoms with E-state index in [9.17, 15) is 22.8 Å². The van der Waals surface area contributed by atoms with Crippen LogP contribution in [0.25, 0.3) is 11.1 Å². The number of carbonyl (C=O) groups is 2. The molecule has 5 aliphatic rings. The fraction of sp³-hybridized carbons (Fsp3) is 0.412. The van der Waals surface area contributed by atoms with Crippen LogP contribution in [0.4, 0.5) is 13.2 Å². The molecular weight excluding hydrogens is 527 g/mol. The van der Waals surface area contributed by atoms with Crippen LogP contribution in [0.5, 0.6) is 5.75 Å². The van der Waals surface area contributed by atoms with Crippen LogP contribution >= 0.6 is 0 Å². The number of rotatable bonds is 4. The van der Waals surface area contributed by atoms with E-state index in [1.807, 2.05) is 12.1 Å². The number of nitrogens with zero attached hydrogens (tertiary/aromatic N) is 1. The Hall–Kier alpha value is -3.61. The molecule has 8 rings (SSSR count). The van der Waals surface area contributed by atoms with Gasteiger partial charge in [0.05, 0.1) is 16.5 Å². The number of ether oxygens (including phenoxy) is 1. The molecule has 1 amide bonds. The van der Waals surface area contributed by atoms with Gasteiger partial charge < -0.3 is 9.64 Å². The van der Waals surface area contributed by atoms with Crippen LogP contribution in [-0.2, 0) is 23.9 Å². The SMILES string of the molecule is O=C(Oc1ccc2c(c1)CCN(C(=O)C13CC4CC(CC(C4)C1)C3)C2)c1ccccc1-c1ccc(C(F)(F)F)cc1. The Kier molecular flexibility index (Phi) is 6.25. The van der Waals surface area contributed by atoms with E-state index >= 15 is 0 Å². The smallest absolute Gasteiger partial charge is 0.416 e. The molecule has 4 aliphatic carbocycles. The molecule has 1 heterocycles. The fourth-order valence-electron chi connectivity index (χ4n) is 8.39. The summed E-state index contributed by atoms with van der Waals surface area (Å²) in [5.74, 6) is 2.36. The van der Waals surface area contributed by atoms with Gasteiger partial charge in [-0.2, -0.15) is 13.2 Å². The van der Waals surface area contributed by atoms with Crippen molar-refractivity contribution in [2.24, 2.45) is 23.2 Å². The first kappa shape index (κ1) is 26.3. The molecule has 0 unspecified atom stereocenters. The van der Waals surface area contributed by atoms with E-state index in [1.54, 1.807) is 30.3 Å². The Balaban J connectivity index is 1.05. The summed E-state index contributed by atoms with van der Waals surface area (Å²) in [5.41, 5.74) is 2.54. The van der Waals surface area contributed by atoms with E-state index in [4.69, 9.17) is 4.74 Å². The van der Waals surface area contributed by atoms with Crippen LogP contribution in [0.2, 0.25) is 0 Å². The molecule has 41 heavy (non-hydrogen) atoms. The van der Waals surface area contributed by atoms with Gasteiger partial charge >= 0.3 is 12.1 Å². The second-order valence-corrected chi connectivity index (χ2v) is 12.6. The van der Waals surface area contributed by atoms with Crippen LogP contribution in [-0.4, -0.2) is 23.3 Å². The minimum atomic E-state index is -4.43. The topological polar surface area (TPSA) is 46.6 Å². The summed E-state index contributed by atoms with van der Waals surface area (Å²) < 4.78 is 44.8. The van der Waals surface area contributed by atoms with Crippen molar-refractivity contribution in [1.82, 2.24) is 4.90 Å². The maximum atomic E-state index is 13.8. The maximum Gasteiger partial charge on any atom is 0.416 e. The first-order valence-corrected chi connectivity index (χ1v) is 14.6. The molecule has 7 heteroatoms. The van der Waals surface area contributed by atoms with Crippen LogP contribution < -0.4 is 4.74 Å². The monoisotopic (exact) mass is 559 g/mol. The van der Waals surface area contributed by atoms with Gasteiger partial charge in [0.15, 0.2) is 0 Å². The van der Waals surface area contributed by atoms with Gasteiger partial charge in [0.1, 0.15) is 5.75 Å². The van der Waals surface area contributed by atoms with Crippen molar-refractivity contribution in [3.05, 3.63) is 89.0 Å². The Labute approximate surface area is 237 Å². The normalized spacial score (nSPS) is 26.5. The number of esters is 1. The first-order valence-electron chi connectivity index (χ1n) is 14.6. The van der Waals surface area contributed by atoms with Gasteiger partial charge in [-0.1, -0.05) is 36.4 Å². The van der Waals surface area contributed by atoms with Gasteiger partial charge in [0.25, 0.3) is 0 Å². The number of hydrogen-bond acceptors (Lipinski definition) is 3. The van der Waals surface area contributed by atoms with Crippen molar-refractivity contribution in [3.8, 4) is 16.9 Å². The van der Waals surface area contributed by atoms with Crippen molar-refractivity contribution < 1.29 is 27.5 Å².